The van der Waals surface area contributed by atoms with Gasteiger partial charge < -0.3 is 25.2 Å². The average Bonchev–Trinajstić information content (AvgIpc) is 3.58. The Bertz CT molecular complexity index is 1280. The second kappa shape index (κ2) is 15.9. The van der Waals surface area contributed by atoms with E-state index in [0.29, 0.717) is 30.7 Å². The number of hydrogen-bond donors (Lipinski definition) is 3. The molecule has 12 heteroatoms. The monoisotopic (exact) mass is 600 g/mol. The van der Waals surface area contributed by atoms with E-state index in [9.17, 15) is 28.4 Å². The van der Waals surface area contributed by atoms with Crippen LogP contribution in [0.1, 0.15) is 74.7 Å². The van der Waals surface area contributed by atoms with E-state index < -0.39 is 41.6 Å². The molecule has 3 amide bonds. The van der Waals surface area contributed by atoms with Gasteiger partial charge in [-0.15, -0.1) is 0 Å². The third-order valence-corrected chi connectivity index (χ3v) is 7.45. The molecule has 4 atom stereocenters. The molecule has 1 aliphatic rings. The summed E-state index contributed by atoms with van der Waals surface area (Å²) in [5, 5.41) is 12.2. The molecule has 2 heterocycles. The molecule has 3 N–H and O–H groups in total. The Hall–Kier alpha value is -4.09. The summed E-state index contributed by atoms with van der Waals surface area (Å²) in [6.45, 7) is 7.68. The summed E-state index contributed by atoms with van der Waals surface area (Å²) in [4.78, 5) is 64.5. The Kier molecular flexibility index (Phi) is 12.4. The van der Waals surface area contributed by atoms with E-state index in [2.05, 4.69) is 21.1 Å². The van der Waals surface area contributed by atoms with Gasteiger partial charge in [-0.2, -0.15) is 0 Å². The lowest BCUT2D eigenvalue weighted by molar-refractivity contribution is -0.143. The second-order valence-corrected chi connectivity index (χ2v) is 11.3. The molecule has 0 radical (unpaired) electrons. The molecule has 2 aromatic rings. The van der Waals surface area contributed by atoms with Crippen molar-refractivity contribution in [1.29, 1.82) is 0 Å². The molecule has 3 rings (SSSR count). The molecule has 1 saturated heterocycles. The van der Waals surface area contributed by atoms with Gasteiger partial charge in [-0.3, -0.25) is 24.0 Å². The number of halogens is 1. The van der Waals surface area contributed by atoms with Crippen molar-refractivity contribution in [3.05, 3.63) is 53.2 Å². The summed E-state index contributed by atoms with van der Waals surface area (Å²) in [5.74, 6) is -3.34. The van der Waals surface area contributed by atoms with Crippen molar-refractivity contribution in [1.82, 2.24) is 21.1 Å². The van der Waals surface area contributed by atoms with Gasteiger partial charge in [-0.1, -0.05) is 31.1 Å². The number of ketones is 1. The topological polar surface area (TPSA) is 157 Å². The number of aryl methyl sites for hydroxylation is 1. The number of carbonyl (C=O) groups excluding carboxylic acids is 5. The number of nitrogens with one attached hydrogen (secondary N) is 3. The normalized spacial score (nSPS) is 16.7. The van der Waals surface area contributed by atoms with Crippen LogP contribution in [0.4, 0.5) is 4.39 Å². The minimum Gasteiger partial charge on any atom is -0.466 e. The SMILES string of the molecule is CCOC(=O)CCC(CC1CCNC1=O)NC(=O)C(CC(=O)C(NC(=O)c1cc(C)on1)C(C)C)Cc1ccc(F)cc1. The van der Waals surface area contributed by atoms with Crippen molar-refractivity contribution in [3.63, 3.8) is 0 Å². The first kappa shape index (κ1) is 33.4. The van der Waals surface area contributed by atoms with Crippen LogP contribution in [0.25, 0.3) is 0 Å². The smallest absolute Gasteiger partial charge is 0.305 e. The largest absolute Gasteiger partial charge is 0.466 e. The van der Waals surface area contributed by atoms with Crippen LogP contribution in [0.5, 0.6) is 0 Å². The number of ether oxygens (including phenoxy) is 1. The first-order valence-corrected chi connectivity index (χ1v) is 14.7. The summed E-state index contributed by atoms with van der Waals surface area (Å²) in [5.41, 5.74) is 0.688. The summed E-state index contributed by atoms with van der Waals surface area (Å²) in [6, 6.07) is 5.70. The molecule has 1 fully saturated rings. The fourth-order valence-corrected chi connectivity index (χ4v) is 5.15. The van der Waals surface area contributed by atoms with Crippen molar-refractivity contribution in [2.45, 2.75) is 78.3 Å². The summed E-state index contributed by atoms with van der Waals surface area (Å²) in [7, 11) is 0. The fourth-order valence-electron chi connectivity index (χ4n) is 5.15. The standard InChI is InChI=1S/C31H41FN4O7/c1-5-42-27(38)11-10-24(16-21-12-13-33-29(21)39)34-30(40)22(15-20-6-8-23(32)9-7-20)17-26(37)28(18(2)3)35-31(41)25-14-19(4)43-36-25/h6-9,14,18,21-22,24,28H,5,10-13,15-17H2,1-4H3,(H,33,39)(H,34,40)(H,35,41). The Labute approximate surface area is 250 Å². The molecule has 1 aliphatic heterocycles. The predicted octanol–water partition coefficient (Wildman–Crippen LogP) is 3.05. The number of carbonyl (C=O) groups is 5. The van der Waals surface area contributed by atoms with Crippen LogP contribution in [0.3, 0.4) is 0 Å². The van der Waals surface area contributed by atoms with Crippen LogP contribution in [0.15, 0.2) is 34.9 Å². The van der Waals surface area contributed by atoms with Crippen molar-refractivity contribution < 1.29 is 37.6 Å². The van der Waals surface area contributed by atoms with Gasteiger partial charge in [0.25, 0.3) is 5.91 Å². The number of hydrogen-bond acceptors (Lipinski definition) is 8. The van der Waals surface area contributed by atoms with Crippen molar-refractivity contribution in [3.8, 4) is 0 Å². The number of rotatable bonds is 16. The molecule has 4 unspecified atom stereocenters. The quantitative estimate of drug-likeness (QED) is 0.248. The number of esters is 1. The van der Waals surface area contributed by atoms with Gasteiger partial charge in [-0.25, -0.2) is 4.39 Å². The van der Waals surface area contributed by atoms with E-state index in [0.717, 1.165) is 0 Å². The van der Waals surface area contributed by atoms with Gasteiger partial charge in [0.15, 0.2) is 11.5 Å². The number of amides is 3. The number of benzene rings is 1. The van der Waals surface area contributed by atoms with Crippen LogP contribution >= 0.6 is 0 Å². The maximum absolute atomic E-state index is 13.8. The zero-order valence-corrected chi connectivity index (χ0v) is 25.1. The van der Waals surface area contributed by atoms with E-state index in [1.807, 2.05) is 0 Å². The lowest BCUT2D eigenvalue weighted by Crippen LogP contribution is -2.47. The lowest BCUT2D eigenvalue weighted by atomic mass is 9.87. The Morgan fingerprint density at radius 2 is 1.88 bits per heavy atom. The maximum atomic E-state index is 13.8. The molecule has 11 nitrogen and oxygen atoms in total. The van der Waals surface area contributed by atoms with Gasteiger partial charge in [0.1, 0.15) is 11.6 Å². The van der Waals surface area contributed by atoms with Crippen molar-refractivity contribution >= 4 is 29.5 Å². The molecular formula is C31H41FN4O7. The number of aromatic nitrogens is 1. The lowest BCUT2D eigenvalue weighted by Gasteiger charge is -2.26. The van der Waals surface area contributed by atoms with Gasteiger partial charge in [0.05, 0.1) is 12.6 Å². The second-order valence-electron chi connectivity index (χ2n) is 11.3. The molecular weight excluding hydrogens is 559 g/mol. The van der Waals surface area contributed by atoms with E-state index in [-0.39, 0.29) is 61.5 Å². The Morgan fingerprint density at radius 3 is 2.47 bits per heavy atom. The molecule has 43 heavy (non-hydrogen) atoms. The minimum absolute atomic E-state index is 0.0388. The molecule has 0 aliphatic carbocycles. The van der Waals surface area contributed by atoms with Crippen molar-refractivity contribution in [2.24, 2.45) is 17.8 Å². The van der Waals surface area contributed by atoms with Crippen LogP contribution in [-0.4, -0.2) is 59.9 Å². The molecule has 0 bridgehead atoms. The number of nitrogens with zero attached hydrogens (tertiary/aromatic N) is 1. The third-order valence-electron chi connectivity index (χ3n) is 7.45. The predicted molar refractivity (Wildman–Crippen MR) is 154 cm³/mol. The van der Waals surface area contributed by atoms with Gasteiger partial charge >= 0.3 is 5.97 Å². The zero-order valence-electron chi connectivity index (χ0n) is 25.1. The number of Topliss-reactive ketones (excluding diaryl/α,β-unsaturated/α-hetero) is 1. The highest BCUT2D eigenvalue weighted by Gasteiger charge is 2.33. The summed E-state index contributed by atoms with van der Waals surface area (Å²) < 4.78 is 23.6. The van der Waals surface area contributed by atoms with Crippen LogP contribution in [0, 0.1) is 30.5 Å². The Balaban J connectivity index is 1.79. The molecule has 1 aromatic carbocycles. The minimum atomic E-state index is -0.908. The Morgan fingerprint density at radius 1 is 1.16 bits per heavy atom. The highest BCUT2D eigenvalue weighted by atomic mass is 19.1. The fraction of sp³-hybridized carbons (Fsp3) is 0.548. The summed E-state index contributed by atoms with van der Waals surface area (Å²) >= 11 is 0. The van der Waals surface area contributed by atoms with Crippen LogP contribution < -0.4 is 16.0 Å². The van der Waals surface area contributed by atoms with E-state index in [1.165, 1.54) is 18.2 Å². The van der Waals surface area contributed by atoms with E-state index >= 15 is 0 Å². The molecule has 0 saturated carbocycles. The molecule has 1 aromatic heterocycles. The first-order valence-electron chi connectivity index (χ1n) is 14.7. The van der Waals surface area contributed by atoms with Gasteiger partial charge in [0.2, 0.25) is 11.8 Å². The first-order chi connectivity index (χ1) is 20.5. The van der Waals surface area contributed by atoms with E-state index in [4.69, 9.17) is 9.26 Å². The maximum Gasteiger partial charge on any atom is 0.305 e. The highest BCUT2D eigenvalue weighted by molar-refractivity contribution is 5.97. The average molecular weight is 601 g/mol. The van der Waals surface area contributed by atoms with Crippen LogP contribution in [-0.2, 0) is 30.3 Å². The van der Waals surface area contributed by atoms with Crippen molar-refractivity contribution in [2.75, 3.05) is 13.2 Å². The third kappa shape index (κ3) is 10.3. The van der Waals surface area contributed by atoms with Gasteiger partial charge in [0, 0.05) is 43.3 Å². The summed E-state index contributed by atoms with van der Waals surface area (Å²) in [6.07, 6.45) is 1.18. The van der Waals surface area contributed by atoms with E-state index in [1.54, 1.807) is 39.8 Å². The molecule has 0 spiro atoms. The highest BCUT2D eigenvalue weighted by Crippen LogP contribution is 2.22. The van der Waals surface area contributed by atoms with Crippen LogP contribution in [0.2, 0.25) is 0 Å². The van der Waals surface area contributed by atoms with Gasteiger partial charge in [-0.05, 0) is 63.1 Å². The molecule has 234 valence electrons. The zero-order chi connectivity index (χ0) is 31.5.